The van der Waals surface area contributed by atoms with Gasteiger partial charge in [-0.25, -0.2) is 4.79 Å². The molecule has 0 aliphatic heterocycles. The topological polar surface area (TPSA) is 120 Å². The minimum absolute atomic E-state index is 0.00855. The molecule has 0 unspecified atom stereocenters. The predicted octanol–water partition coefficient (Wildman–Crippen LogP) is 0.230. The van der Waals surface area contributed by atoms with E-state index in [2.05, 4.69) is 16.3 Å². The molecule has 0 bridgehead atoms. The number of terminal acetylenes is 1. The summed E-state index contributed by atoms with van der Waals surface area (Å²) in [4.78, 5) is 30.8. The van der Waals surface area contributed by atoms with Crippen molar-refractivity contribution < 1.29 is 42.4 Å². The molecule has 0 saturated heterocycles. The first-order chi connectivity index (χ1) is 11.6. The minimum Gasteiger partial charge on any atom is -0.481 e. The highest BCUT2D eigenvalue weighted by Crippen LogP contribution is 2.13. The molecular weight excluding hydrogens is 347 g/mol. The van der Waals surface area contributed by atoms with E-state index in [0.29, 0.717) is 18.5 Å². The molecule has 0 aliphatic rings. The zero-order valence-corrected chi connectivity index (χ0v) is 12.8. The lowest BCUT2D eigenvalue weighted by Gasteiger charge is -2.01. The van der Waals surface area contributed by atoms with Crippen LogP contribution in [-0.4, -0.2) is 45.9 Å². The number of amides is 1. The lowest BCUT2D eigenvalue weighted by atomic mass is 10.3. The average molecular weight is 362 g/mol. The Kier molecular flexibility index (Phi) is 9.25. The smallest absolute Gasteiger partial charge is 0.481 e. The normalized spacial score (nSPS) is 10.0. The van der Waals surface area contributed by atoms with Crippen molar-refractivity contribution in [2.24, 2.45) is 0 Å². The van der Waals surface area contributed by atoms with Crippen molar-refractivity contribution in [3.63, 3.8) is 0 Å². The summed E-state index contributed by atoms with van der Waals surface area (Å²) in [6.45, 7) is 0.692. The first-order valence-electron chi connectivity index (χ1n) is 6.67. The fourth-order valence-electron chi connectivity index (χ4n) is 1.21. The monoisotopic (exact) mass is 362 g/mol. The van der Waals surface area contributed by atoms with Gasteiger partial charge in [0, 0.05) is 19.0 Å². The number of halogens is 3. The van der Waals surface area contributed by atoms with E-state index in [4.69, 9.17) is 21.4 Å². The Morgan fingerprint density at radius 1 is 1.32 bits per heavy atom. The van der Waals surface area contributed by atoms with Crippen molar-refractivity contribution >= 4 is 17.8 Å². The average Bonchev–Trinajstić information content (AvgIpc) is 2.53. The number of hydrogen-bond acceptors (Lipinski definition) is 4. The van der Waals surface area contributed by atoms with Gasteiger partial charge in [0.2, 0.25) is 0 Å². The second-order valence-corrected chi connectivity index (χ2v) is 4.34. The van der Waals surface area contributed by atoms with Gasteiger partial charge < -0.3 is 15.5 Å². The molecule has 11 heteroatoms. The van der Waals surface area contributed by atoms with Gasteiger partial charge in [0.25, 0.3) is 5.91 Å². The summed E-state index contributed by atoms with van der Waals surface area (Å²) >= 11 is 0. The summed E-state index contributed by atoms with van der Waals surface area (Å²) in [5, 5.41) is 22.2. The Hall–Kier alpha value is -3.16. The van der Waals surface area contributed by atoms with Crippen LogP contribution < -0.4 is 10.00 Å². The highest BCUT2D eigenvalue weighted by Gasteiger charge is 2.38. The van der Waals surface area contributed by atoms with E-state index in [1.54, 1.807) is 12.3 Å². The van der Waals surface area contributed by atoms with E-state index in [0.717, 1.165) is 0 Å². The molecule has 136 valence electrons. The summed E-state index contributed by atoms with van der Waals surface area (Å²) in [6.07, 6.45) is 3.42. The summed E-state index contributed by atoms with van der Waals surface area (Å²) < 4.78 is 33.2. The number of alkyl halides is 3. The quantitative estimate of drug-likeness (QED) is 0.379. The Balaban J connectivity index is 0.000000697. The molecule has 8 nitrogen and oxygen atoms in total. The van der Waals surface area contributed by atoms with E-state index in [-0.39, 0.29) is 18.9 Å². The van der Waals surface area contributed by atoms with Gasteiger partial charge in [0.05, 0.1) is 5.56 Å². The van der Waals surface area contributed by atoms with Crippen molar-refractivity contribution in [2.45, 2.75) is 25.6 Å². The van der Waals surface area contributed by atoms with Crippen molar-refractivity contribution in [3.05, 3.63) is 24.0 Å². The van der Waals surface area contributed by atoms with Gasteiger partial charge in [0.15, 0.2) is 12.7 Å². The second-order valence-electron chi connectivity index (χ2n) is 4.34. The number of aryl methyl sites for hydroxylation is 1. The van der Waals surface area contributed by atoms with Gasteiger partial charge in [0.1, 0.15) is 12.6 Å². The van der Waals surface area contributed by atoms with Gasteiger partial charge in [-0.05, 0) is 5.10 Å². The summed E-state index contributed by atoms with van der Waals surface area (Å²) in [6, 6.07) is 1.58. The summed E-state index contributed by atoms with van der Waals surface area (Å²) in [5.74, 6) is -1.47. The Labute approximate surface area is 140 Å². The molecule has 0 spiro atoms. The number of carboxylic acid groups (broad SMARTS) is 2. The highest BCUT2D eigenvalue weighted by atomic mass is 19.4. The molecule has 0 atom stereocenters. The van der Waals surface area contributed by atoms with Crippen molar-refractivity contribution in [2.75, 3.05) is 6.54 Å². The van der Waals surface area contributed by atoms with Crippen LogP contribution in [-0.2, 0) is 16.1 Å². The molecule has 1 heterocycles. The maximum absolute atomic E-state index is 11.6. The van der Waals surface area contributed by atoms with Crippen LogP contribution in [0.4, 0.5) is 13.2 Å². The van der Waals surface area contributed by atoms with Crippen LogP contribution in [0.3, 0.4) is 0 Å². The molecule has 25 heavy (non-hydrogen) atoms. The zero-order chi connectivity index (χ0) is 19.5. The largest absolute Gasteiger partial charge is 0.490 e. The van der Waals surface area contributed by atoms with Crippen LogP contribution in [0.2, 0.25) is 0 Å². The van der Waals surface area contributed by atoms with Gasteiger partial charge in [-0.1, -0.05) is 4.68 Å². The maximum atomic E-state index is 11.6. The van der Waals surface area contributed by atoms with Gasteiger partial charge in [-0.15, -0.1) is 12.3 Å². The molecule has 0 radical (unpaired) electrons. The van der Waals surface area contributed by atoms with E-state index in [9.17, 15) is 22.8 Å². The Bertz CT molecular complexity index is 639. The Morgan fingerprint density at radius 2 is 1.92 bits per heavy atom. The van der Waals surface area contributed by atoms with Crippen molar-refractivity contribution in [1.29, 1.82) is 0 Å². The molecule has 0 aromatic carbocycles. The number of aromatic nitrogens is 2. The van der Waals surface area contributed by atoms with Crippen molar-refractivity contribution in [1.82, 2.24) is 10.4 Å². The molecule has 1 aromatic heterocycles. The van der Waals surface area contributed by atoms with Crippen LogP contribution in [0.15, 0.2) is 18.5 Å². The highest BCUT2D eigenvalue weighted by molar-refractivity contribution is 5.93. The van der Waals surface area contributed by atoms with Crippen LogP contribution in [0.25, 0.3) is 0 Å². The summed E-state index contributed by atoms with van der Waals surface area (Å²) in [7, 11) is 0. The third-order valence-corrected chi connectivity index (χ3v) is 2.39. The standard InChI is InChI=1S/C12H13N3O3.C2HF3O2/c1-2-3-6-13-12(18)10-4-7-15(14-9-10)8-5-11(16)17;3-2(4,5)1(6)7/h1,4,7,9H,3,5-6,8H2,(H-,13,16,17,18);(H,6,7)/p+1. The van der Waals surface area contributed by atoms with Gasteiger partial charge in [-0.3, -0.25) is 9.59 Å². The van der Waals surface area contributed by atoms with E-state index >= 15 is 0 Å². The number of carbonyl (C=O) groups is 3. The van der Waals surface area contributed by atoms with Crippen LogP contribution in [0.5, 0.6) is 0 Å². The second kappa shape index (κ2) is 10.6. The zero-order valence-electron chi connectivity index (χ0n) is 12.8. The Morgan fingerprint density at radius 3 is 2.32 bits per heavy atom. The molecule has 0 aliphatic carbocycles. The number of aliphatic carboxylic acids is 2. The molecular formula is C14H15F3N3O5+. The molecule has 1 rings (SSSR count). The number of carboxylic acids is 2. The molecule has 1 amide bonds. The first kappa shape index (κ1) is 21.8. The van der Waals surface area contributed by atoms with E-state index < -0.39 is 18.1 Å². The predicted molar refractivity (Wildman–Crippen MR) is 76.2 cm³/mol. The molecule has 3 N–H and O–H groups in total. The lowest BCUT2D eigenvalue weighted by molar-refractivity contribution is -0.753. The number of carbonyl (C=O) groups excluding carboxylic acids is 1. The molecule has 1 aromatic rings. The van der Waals surface area contributed by atoms with Crippen LogP contribution >= 0.6 is 0 Å². The van der Waals surface area contributed by atoms with Gasteiger partial charge in [-0.2, -0.15) is 13.2 Å². The van der Waals surface area contributed by atoms with E-state index in [1.165, 1.54) is 10.9 Å². The third-order valence-electron chi connectivity index (χ3n) is 2.39. The fraction of sp³-hybridized carbons (Fsp3) is 0.357. The number of nitrogens with one attached hydrogen (secondary N) is 1. The number of hydrogen-bond donors (Lipinski definition) is 3. The van der Waals surface area contributed by atoms with E-state index in [1.807, 2.05) is 0 Å². The SMILES string of the molecule is C#CCCNC(=O)c1cc[n+](CCC(=O)O)nc1.O=C(O)C(F)(F)F. The fourth-order valence-corrected chi connectivity index (χ4v) is 1.21. The third kappa shape index (κ3) is 10.3. The molecule has 0 saturated carbocycles. The maximum Gasteiger partial charge on any atom is 0.490 e. The molecule has 0 fully saturated rings. The van der Waals surface area contributed by atoms with Crippen LogP contribution in [0.1, 0.15) is 23.2 Å². The number of nitrogens with zero attached hydrogens (tertiary/aromatic N) is 2. The lowest BCUT2D eigenvalue weighted by Crippen LogP contribution is -2.39. The first-order valence-corrected chi connectivity index (χ1v) is 6.67. The minimum atomic E-state index is -5.08. The van der Waals surface area contributed by atoms with Gasteiger partial charge >= 0.3 is 18.1 Å². The number of rotatable bonds is 6. The van der Waals surface area contributed by atoms with Crippen LogP contribution in [0, 0.1) is 12.3 Å². The summed E-state index contributed by atoms with van der Waals surface area (Å²) in [5.41, 5.74) is 0.415. The van der Waals surface area contributed by atoms with Crippen molar-refractivity contribution in [3.8, 4) is 12.3 Å².